The minimum Gasteiger partial charge on any atom is -0.381 e. The van der Waals surface area contributed by atoms with Gasteiger partial charge in [0.25, 0.3) is 0 Å². The maximum atomic E-state index is 5.72. The van der Waals surface area contributed by atoms with Crippen molar-refractivity contribution < 1.29 is 4.74 Å². The van der Waals surface area contributed by atoms with Gasteiger partial charge in [0.05, 0.1) is 0 Å². The Kier molecular flexibility index (Phi) is 10.4. The highest BCUT2D eigenvalue weighted by atomic mass is 16.5. The highest BCUT2D eigenvalue weighted by Crippen LogP contribution is 2.12. The first kappa shape index (κ1) is 14.9. The highest BCUT2D eigenvalue weighted by Gasteiger charge is 2.06. The van der Waals surface area contributed by atoms with Gasteiger partial charge in [0.1, 0.15) is 0 Å². The molecule has 92 valence electrons. The van der Waals surface area contributed by atoms with Gasteiger partial charge < -0.3 is 10.1 Å². The SMILES string of the molecule is CCCCC(CC)COCCC(C)NC. The quantitative estimate of drug-likeness (QED) is 0.565. The molecule has 0 saturated carbocycles. The normalized spacial score (nSPS) is 15.2. The highest BCUT2D eigenvalue weighted by molar-refractivity contribution is 4.58. The fourth-order valence-corrected chi connectivity index (χ4v) is 1.55. The first-order chi connectivity index (χ1) is 7.24. The van der Waals surface area contributed by atoms with E-state index in [0.29, 0.717) is 6.04 Å². The molecule has 2 nitrogen and oxygen atoms in total. The summed E-state index contributed by atoms with van der Waals surface area (Å²) in [6.45, 7) is 8.55. The van der Waals surface area contributed by atoms with E-state index in [4.69, 9.17) is 4.74 Å². The average Bonchev–Trinajstić information content (AvgIpc) is 2.27. The molecule has 0 aromatic heterocycles. The van der Waals surface area contributed by atoms with Crippen LogP contribution in [0.25, 0.3) is 0 Å². The fourth-order valence-electron chi connectivity index (χ4n) is 1.55. The average molecular weight is 215 g/mol. The summed E-state index contributed by atoms with van der Waals surface area (Å²) in [5.41, 5.74) is 0. The van der Waals surface area contributed by atoms with E-state index in [0.717, 1.165) is 25.6 Å². The predicted molar refractivity (Wildman–Crippen MR) is 67.3 cm³/mol. The van der Waals surface area contributed by atoms with E-state index >= 15 is 0 Å². The van der Waals surface area contributed by atoms with Crippen LogP contribution in [-0.4, -0.2) is 26.3 Å². The van der Waals surface area contributed by atoms with Crippen molar-refractivity contribution in [1.82, 2.24) is 5.32 Å². The Morgan fingerprint density at radius 3 is 2.47 bits per heavy atom. The van der Waals surface area contributed by atoms with Crippen LogP contribution in [0.4, 0.5) is 0 Å². The van der Waals surface area contributed by atoms with E-state index in [-0.39, 0.29) is 0 Å². The Hall–Kier alpha value is -0.0800. The second-order valence-electron chi connectivity index (χ2n) is 4.47. The van der Waals surface area contributed by atoms with Gasteiger partial charge in [-0.2, -0.15) is 0 Å². The van der Waals surface area contributed by atoms with Gasteiger partial charge in [0, 0.05) is 19.3 Å². The van der Waals surface area contributed by atoms with Crippen molar-refractivity contribution in [2.24, 2.45) is 5.92 Å². The lowest BCUT2D eigenvalue weighted by Crippen LogP contribution is -2.23. The van der Waals surface area contributed by atoms with Crippen molar-refractivity contribution in [2.45, 2.75) is 58.9 Å². The van der Waals surface area contributed by atoms with Crippen LogP contribution in [0.5, 0.6) is 0 Å². The second kappa shape index (κ2) is 10.4. The molecular weight excluding hydrogens is 186 g/mol. The lowest BCUT2D eigenvalue weighted by molar-refractivity contribution is 0.0881. The fraction of sp³-hybridized carbons (Fsp3) is 1.00. The molecule has 2 atom stereocenters. The number of hydrogen-bond acceptors (Lipinski definition) is 2. The van der Waals surface area contributed by atoms with Crippen LogP contribution >= 0.6 is 0 Å². The molecule has 0 aliphatic rings. The van der Waals surface area contributed by atoms with E-state index in [9.17, 15) is 0 Å². The molecule has 0 fully saturated rings. The first-order valence-corrected chi connectivity index (χ1v) is 6.49. The molecule has 0 aromatic rings. The smallest absolute Gasteiger partial charge is 0.0494 e. The minimum atomic E-state index is 0.570. The first-order valence-electron chi connectivity index (χ1n) is 6.49. The Bertz CT molecular complexity index is 128. The van der Waals surface area contributed by atoms with E-state index in [1.54, 1.807) is 0 Å². The summed E-state index contributed by atoms with van der Waals surface area (Å²) < 4.78 is 5.72. The molecule has 0 spiro atoms. The zero-order valence-corrected chi connectivity index (χ0v) is 11.0. The molecule has 0 saturated heterocycles. The summed E-state index contributed by atoms with van der Waals surface area (Å²) in [4.78, 5) is 0. The number of unbranched alkanes of at least 4 members (excludes halogenated alkanes) is 1. The third kappa shape index (κ3) is 8.88. The van der Waals surface area contributed by atoms with Crippen LogP contribution in [0, 0.1) is 5.92 Å². The lowest BCUT2D eigenvalue weighted by Gasteiger charge is -2.16. The molecule has 0 radical (unpaired) electrons. The third-order valence-electron chi connectivity index (χ3n) is 3.08. The second-order valence-corrected chi connectivity index (χ2v) is 4.47. The summed E-state index contributed by atoms with van der Waals surface area (Å²) in [5.74, 6) is 0.773. The Labute approximate surface area is 95.8 Å². The molecule has 0 heterocycles. The molecule has 1 N–H and O–H groups in total. The largest absolute Gasteiger partial charge is 0.381 e. The van der Waals surface area contributed by atoms with Gasteiger partial charge >= 0.3 is 0 Å². The molecule has 0 aliphatic carbocycles. The predicted octanol–water partition coefficient (Wildman–Crippen LogP) is 3.22. The summed E-state index contributed by atoms with van der Waals surface area (Å²) in [7, 11) is 2.00. The van der Waals surface area contributed by atoms with E-state index in [1.807, 2.05) is 7.05 Å². The van der Waals surface area contributed by atoms with Crippen LogP contribution in [0.3, 0.4) is 0 Å². The Morgan fingerprint density at radius 1 is 1.20 bits per heavy atom. The van der Waals surface area contributed by atoms with Gasteiger partial charge in [0.15, 0.2) is 0 Å². The Balaban J connectivity index is 3.37. The molecule has 0 aromatic carbocycles. The van der Waals surface area contributed by atoms with Gasteiger partial charge in [-0.05, 0) is 32.7 Å². The molecular formula is C13H29NO. The monoisotopic (exact) mass is 215 g/mol. The van der Waals surface area contributed by atoms with Gasteiger partial charge in [-0.25, -0.2) is 0 Å². The third-order valence-corrected chi connectivity index (χ3v) is 3.08. The number of hydrogen-bond donors (Lipinski definition) is 1. The molecule has 0 bridgehead atoms. The van der Waals surface area contributed by atoms with Gasteiger partial charge in [0.2, 0.25) is 0 Å². The van der Waals surface area contributed by atoms with Crippen LogP contribution in [0.15, 0.2) is 0 Å². The van der Waals surface area contributed by atoms with Gasteiger partial charge in [-0.1, -0.05) is 33.1 Å². The summed E-state index contributed by atoms with van der Waals surface area (Å²) in [6.07, 6.45) is 6.33. The Morgan fingerprint density at radius 2 is 1.93 bits per heavy atom. The molecule has 2 unspecified atom stereocenters. The van der Waals surface area contributed by atoms with Crippen molar-refractivity contribution in [2.75, 3.05) is 20.3 Å². The topological polar surface area (TPSA) is 21.3 Å². The molecule has 0 rings (SSSR count). The van der Waals surface area contributed by atoms with Gasteiger partial charge in [-0.15, -0.1) is 0 Å². The van der Waals surface area contributed by atoms with E-state index < -0.39 is 0 Å². The summed E-state index contributed by atoms with van der Waals surface area (Å²) >= 11 is 0. The van der Waals surface area contributed by atoms with Crippen LogP contribution < -0.4 is 5.32 Å². The van der Waals surface area contributed by atoms with E-state index in [1.165, 1.54) is 25.7 Å². The lowest BCUT2D eigenvalue weighted by atomic mass is 10.0. The van der Waals surface area contributed by atoms with Crippen molar-refractivity contribution >= 4 is 0 Å². The molecule has 0 aliphatic heterocycles. The van der Waals surface area contributed by atoms with Crippen molar-refractivity contribution in [3.63, 3.8) is 0 Å². The van der Waals surface area contributed by atoms with Crippen molar-refractivity contribution in [3.05, 3.63) is 0 Å². The maximum absolute atomic E-state index is 5.72. The van der Waals surface area contributed by atoms with E-state index in [2.05, 4.69) is 26.1 Å². The maximum Gasteiger partial charge on any atom is 0.0494 e. The zero-order valence-electron chi connectivity index (χ0n) is 11.0. The number of rotatable bonds is 10. The molecule has 2 heteroatoms. The van der Waals surface area contributed by atoms with Crippen LogP contribution in [0.2, 0.25) is 0 Å². The molecule has 0 amide bonds. The summed E-state index contributed by atoms with van der Waals surface area (Å²) in [6, 6.07) is 0.570. The summed E-state index contributed by atoms with van der Waals surface area (Å²) in [5, 5.41) is 3.22. The minimum absolute atomic E-state index is 0.570. The van der Waals surface area contributed by atoms with Crippen LogP contribution in [0.1, 0.15) is 52.9 Å². The van der Waals surface area contributed by atoms with Crippen molar-refractivity contribution in [1.29, 1.82) is 0 Å². The number of nitrogens with one attached hydrogen (secondary N) is 1. The van der Waals surface area contributed by atoms with Crippen molar-refractivity contribution in [3.8, 4) is 0 Å². The van der Waals surface area contributed by atoms with Gasteiger partial charge in [-0.3, -0.25) is 0 Å². The van der Waals surface area contributed by atoms with Crippen LogP contribution in [-0.2, 0) is 4.74 Å². The standard InChI is InChI=1S/C13H29NO/c1-5-7-8-13(6-2)11-15-10-9-12(3)14-4/h12-14H,5-11H2,1-4H3. The number of ether oxygens (including phenoxy) is 1. The molecule has 15 heavy (non-hydrogen) atoms. The zero-order chi connectivity index (χ0) is 11.5.